The first kappa shape index (κ1) is 15.1. The van der Waals surface area contributed by atoms with Gasteiger partial charge in [-0.1, -0.05) is 12.1 Å². The molecule has 0 atom stereocenters. The van der Waals surface area contributed by atoms with Gasteiger partial charge in [-0.15, -0.1) is 11.3 Å². The van der Waals surface area contributed by atoms with Gasteiger partial charge in [0.15, 0.2) is 0 Å². The minimum absolute atomic E-state index is 0.0172. The summed E-state index contributed by atoms with van der Waals surface area (Å²) in [4.78, 5) is 20.7. The Morgan fingerprint density at radius 1 is 1.29 bits per heavy atom. The lowest BCUT2D eigenvalue weighted by Crippen LogP contribution is -2.32. The zero-order valence-corrected chi connectivity index (χ0v) is 14.3. The van der Waals surface area contributed by atoms with Crippen LogP contribution in [0.25, 0.3) is 10.9 Å². The number of hydrogen-bond acceptors (Lipinski definition) is 4. The van der Waals surface area contributed by atoms with E-state index in [0.29, 0.717) is 18.3 Å². The first-order chi connectivity index (χ1) is 11.7. The topological polar surface area (TPSA) is 42.4 Å². The van der Waals surface area contributed by atoms with E-state index in [-0.39, 0.29) is 5.91 Å². The Labute approximate surface area is 144 Å². The van der Waals surface area contributed by atoms with Crippen molar-refractivity contribution in [1.82, 2.24) is 9.88 Å². The molecule has 1 amide bonds. The Bertz CT molecular complexity index is 872. The van der Waals surface area contributed by atoms with E-state index >= 15 is 0 Å². The van der Waals surface area contributed by atoms with Crippen molar-refractivity contribution in [2.45, 2.75) is 25.4 Å². The number of hydrogen-bond donors (Lipinski definition) is 0. The van der Waals surface area contributed by atoms with Crippen molar-refractivity contribution in [3.8, 4) is 5.75 Å². The van der Waals surface area contributed by atoms with Crippen LogP contribution in [0.5, 0.6) is 5.75 Å². The largest absolute Gasteiger partial charge is 0.497 e. The average Bonchev–Trinajstić information content (AvgIpc) is 3.34. The fourth-order valence-corrected chi connectivity index (χ4v) is 3.52. The van der Waals surface area contributed by atoms with Gasteiger partial charge >= 0.3 is 0 Å². The standard InChI is InChI=1S/C19H18N2O2S/c1-23-15-7-9-17-13(11-15)4-8-18(20-17)19(22)21(14-5-6-14)12-16-3-2-10-24-16/h2-4,7-11,14H,5-6,12H2,1H3. The van der Waals surface area contributed by atoms with E-state index < -0.39 is 0 Å². The van der Waals surface area contributed by atoms with Crippen LogP contribution in [0.1, 0.15) is 28.2 Å². The van der Waals surface area contributed by atoms with Crippen LogP contribution in [0.2, 0.25) is 0 Å². The molecule has 1 saturated carbocycles. The highest BCUT2D eigenvalue weighted by atomic mass is 32.1. The van der Waals surface area contributed by atoms with Crippen LogP contribution < -0.4 is 4.74 Å². The molecule has 2 heterocycles. The van der Waals surface area contributed by atoms with Crippen molar-refractivity contribution in [2.75, 3.05) is 7.11 Å². The van der Waals surface area contributed by atoms with Crippen molar-refractivity contribution < 1.29 is 9.53 Å². The fraction of sp³-hybridized carbons (Fsp3) is 0.263. The zero-order valence-electron chi connectivity index (χ0n) is 13.4. The minimum atomic E-state index is 0.0172. The monoisotopic (exact) mass is 338 g/mol. The summed E-state index contributed by atoms with van der Waals surface area (Å²) < 4.78 is 5.23. The van der Waals surface area contributed by atoms with E-state index in [0.717, 1.165) is 29.5 Å². The van der Waals surface area contributed by atoms with Gasteiger partial charge in [0.1, 0.15) is 11.4 Å². The van der Waals surface area contributed by atoms with Crippen LogP contribution >= 0.6 is 11.3 Å². The first-order valence-electron chi connectivity index (χ1n) is 8.03. The van der Waals surface area contributed by atoms with E-state index in [2.05, 4.69) is 11.1 Å². The molecule has 0 saturated heterocycles. The molecular weight excluding hydrogens is 320 g/mol. The second-order valence-electron chi connectivity index (χ2n) is 6.00. The molecule has 1 fully saturated rings. The summed E-state index contributed by atoms with van der Waals surface area (Å²) >= 11 is 1.69. The molecule has 4 rings (SSSR count). The Kier molecular flexibility index (Phi) is 3.94. The second-order valence-corrected chi connectivity index (χ2v) is 7.03. The highest BCUT2D eigenvalue weighted by Gasteiger charge is 2.33. The molecule has 2 aromatic heterocycles. The molecular formula is C19H18N2O2S. The van der Waals surface area contributed by atoms with Gasteiger partial charge in [0, 0.05) is 16.3 Å². The number of thiophene rings is 1. The van der Waals surface area contributed by atoms with Gasteiger partial charge in [-0.05, 0) is 48.6 Å². The molecule has 122 valence electrons. The third kappa shape index (κ3) is 2.99. The highest BCUT2D eigenvalue weighted by molar-refractivity contribution is 7.09. The van der Waals surface area contributed by atoms with Crippen molar-refractivity contribution >= 4 is 28.1 Å². The minimum Gasteiger partial charge on any atom is -0.497 e. The molecule has 0 N–H and O–H groups in total. The molecule has 1 aliphatic rings. The number of rotatable bonds is 5. The predicted molar refractivity (Wildman–Crippen MR) is 95.5 cm³/mol. The van der Waals surface area contributed by atoms with E-state index in [1.807, 2.05) is 46.7 Å². The maximum atomic E-state index is 13.0. The van der Waals surface area contributed by atoms with E-state index in [1.54, 1.807) is 18.4 Å². The van der Waals surface area contributed by atoms with Crippen LogP contribution in [0.15, 0.2) is 47.8 Å². The molecule has 1 aliphatic carbocycles. The van der Waals surface area contributed by atoms with Crippen molar-refractivity contribution in [3.63, 3.8) is 0 Å². The molecule has 1 aromatic carbocycles. The lowest BCUT2D eigenvalue weighted by Gasteiger charge is -2.21. The van der Waals surface area contributed by atoms with Crippen LogP contribution in [-0.2, 0) is 6.54 Å². The normalized spacial score (nSPS) is 13.9. The molecule has 24 heavy (non-hydrogen) atoms. The molecule has 0 radical (unpaired) electrons. The molecule has 0 spiro atoms. The van der Waals surface area contributed by atoms with Crippen molar-refractivity contribution in [2.24, 2.45) is 0 Å². The lowest BCUT2D eigenvalue weighted by atomic mass is 10.2. The number of carbonyl (C=O) groups excluding carboxylic acids is 1. The average molecular weight is 338 g/mol. The van der Waals surface area contributed by atoms with E-state index in [9.17, 15) is 4.79 Å². The first-order valence-corrected chi connectivity index (χ1v) is 8.91. The number of nitrogens with zero attached hydrogens (tertiary/aromatic N) is 2. The Morgan fingerprint density at radius 2 is 2.17 bits per heavy atom. The number of aromatic nitrogens is 1. The summed E-state index contributed by atoms with van der Waals surface area (Å²) in [7, 11) is 1.64. The molecule has 0 unspecified atom stereocenters. The lowest BCUT2D eigenvalue weighted by molar-refractivity contribution is 0.0726. The number of benzene rings is 1. The zero-order chi connectivity index (χ0) is 16.5. The molecule has 5 heteroatoms. The summed E-state index contributed by atoms with van der Waals surface area (Å²) in [6.45, 7) is 0.670. The van der Waals surface area contributed by atoms with Crippen LogP contribution in [0, 0.1) is 0 Å². The summed E-state index contributed by atoms with van der Waals surface area (Å²) in [5.41, 5.74) is 1.32. The van der Waals surface area contributed by atoms with Gasteiger partial charge < -0.3 is 9.64 Å². The van der Waals surface area contributed by atoms with Gasteiger partial charge in [0.25, 0.3) is 5.91 Å². The maximum absolute atomic E-state index is 13.0. The third-order valence-electron chi connectivity index (χ3n) is 4.27. The Morgan fingerprint density at radius 3 is 2.88 bits per heavy atom. The predicted octanol–water partition coefficient (Wildman–Crippen LogP) is 4.11. The number of carbonyl (C=O) groups is 1. The molecule has 4 nitrogen and oxygen atoms in total. The summed E-state index contributed by atoms with van der Waals surface area (Å²) in [6.07, 6.45) is 2.17. The smallest absolute Gasteiger partial charge is 0.273 e. The number of ether oxygens (including phenoxy) is 1. The summed E-state index contributed by atoms with van der Waals surface area (Å²) in [5, 5.41) is 3.02. The quantitative estimate of drug-likeness (QED) is 0.703. The van der Waals surface area contributed by atoms with Crippen molar-refractivity contribution in [3.05, 3.63) is 58.4 Å². The van der Waals surface area contributed by atoms with Crippen molar-refractivity contribution in [1.29, 1.82) is 0 Å². The van der Waals surface area contributed by atoms with Gasteiger partial charge in [0.2, 0.25) is 0 Å². The summed E-state index contributed by atoms with van der Waals surface area (Å²) in [5.74, 6) is 0.810. The molecule has 0 bridgehead atoms. The van der Waals surface area contributed by atoms with Gasteiger partial charge in [-0.3, -0.25) is 4.79 Å². The van der Waals surface area contributed by atoms with E-state index in [1.165, 1.54) is 4.88 Å². The number of pyridine rings is 1. The number of fused-ring (bicyclic) bond motifs is 1. The highest BCUT2D eigenvalue weighted by Crippen LogP contribution is 2.30. The maximum Gasteiger partial charge on any atom is 0.273 e. The SMILES string of the molecule is COc1ccc2nc(C(=O)N(Cc3cccs3)C3CC3)ccc2c1. The Hall–Kier alpha value is -2.40. The van der Waals surface area contributed by atoms with Crippen LogP contribution in [-0.4, -0.2) is 28.9 Å². The molecule has 3 aromatic rings. The number of amides is 1. The Balaban J connectivity index is 1.63. The van der Waals surface area contributed by atoms with E-state index in [4.69, 9.17) is 4.74 Å². The summed E-state index contributed by atoms with van der Waals surface area (Å²) in [6, 6.07) is 13.9. The van der Waals surface area contributed by atoms with Crippen LogP contribution in [0.4, 0.5) is 0 Å². The molecule has 0 aliphatic heterocycles. The third-order valence-corrected chi connectivity index (χ3v) is 5.13. The van der Waals surface area contributed by atoms with Crippen LogP contribution in [0.3, 0.4) is 0 Å². The fourth-order valence-electron chi connectivity index (χ4n) is 2.82. The second kappa shape index (κ2) is 6.24. The van der Waals surface area contributed by atoms with Gasteiger partial charge in [-0.25, -0.2) is 4.98 Å². The van der Waals surface area contributed by atoms with Gasteiger partial charge in [0.05, 0.1) is 19.2 Å². The van der Waals surface area contributed by atoms with Gasteiger partial charge in [-0.2, -0.15) is 0 Å². The number of methoxy groups -OCH3 is 1.